The van der Waals surface area contributed by atoms with Crippen molar-refractivity contribution in [1.29, 1.82) is 0 Å². The maximum Gasteiger partial charge on any atom is 0.220 e. The molecule has 1 aliphatic heterocycles. The summed E-state index contributed by atoms with van der Waals surface area (Å²) in [7, 11) is -1.81. The lowest BCUT2D eigenvalue weighted by Crippen LogP contribution is -2.72. The van der Waals surface area contributed by atoms with Gasteiger partial charge in [0.25, 0.3) is 0 Å². The quantitative estimate of drug-likeness (QED) is 0.476. The number of aliphatic hydroxyl groups excluding tert-OH is 1. The van der Waals surface area contributed by atoms with Gasteiger partial charge in [0.15, 0.2) is 8.24 Å². The summed E-state index contributed by atoms with van der Waals surface area (Å²) in [6.45, 7) is 15.0. The van der Waals surface area contributed by atoms with Crippen LogP contribution in [0.4, 0.5) is 0 Å². The van der Waals surface area contributed by atoms with Crippen LogP contribution < -0.4 is 0 Å². The molecule has 0 unspecified atom stereocenters. The maximum absolute atomic E-state index is 12.2. The van der Waals surface area contributed by atoms with Crippen molar-refractivity contribution < 1.29 is 9.90 Å². The summed E-state index contributed by atoms with van der Waals surface area (Å²) in [6, 6.07) is 0.121. The van der Waals surface area contributed by atoms with Crippen LogP contribution in [0.2, 0.25) is 18.1 Å². The number of hydrogen-bond acceptors (Lipinski definition) is 2. The molecule has 1 saturated heterocycles. The largest absolute Gasteiger partial charge is 0.396 e. The molecule has 3 nitrogen and oxygen atoms in total. The Morgan fingerprint density at radius 1 is 1.47 bits per heavy atom. The lowest BCUT2D eigenvalue weighted by Gasteiger charge is -2.57. The van der Waals surface area contributed by atoms with Crippen LogP contribution in [0.3, 0.4) is 0 Å². The maximum atomic E-state index is 12.2. The van der Waals surface area contributed by atoms with E-state index in [1.807, 2.05) is 6.08 Å². The molecular formula is C13H25NO2Si. The highest BCUT2D eigenvalue weighted by atomic mass is 28.3. The first-order valence-electron chi connectivity index (χ1n) is 6.25. The standard InChI is InChI=1S/C13H25NO2Si/c1-7-11-10(8-9-15)12(16)14(11)17(5,6)13(2,3)4/h7,10-11,15H,1,8-9H2,2-6H3/t10-,11-/m1/s1. The Hall–Kier alpha value is -0.613. The van der Waals surface area contributed by atoms with Crippen molar-refractivity contribution in [3.63, 3.8) is 0 Å². The van der Waals surface area contributed by atoms with Gasteiger partial charge in [0, 0.05) is 6.61 Å². The second-order valence-corrected chi connectivity index (χ2v) is 11.5. The molecule has 1 heterocycles. The Morgan fingerprint density at radius 3 is 2.35 bits per heavy atom. The lowest BCUT2D eigenvalue weighted by molar-refractivity contribution is -0.146. The van der Waals surface area contributed by atoms with Gasteiger partial charge in [-0.1, -0.05) is 39.9 Å². The molecule has 0 aromatic carbocycles. The third-order valence-corrected chi connectivity index (χ3v) is 9.78. The molecule has 0 radical (unpaired) electrons. The highest BCUT2D eigenvalue weighted by Crippen LogP contribution is 2.45. The molecule has 1 fully saturated rings. The van der Waals surface area contributed by atoms with E-state index >= 15 is 0 Å². The molecule has 2 atom stereocenters. The van der Waals surface area contributed by atoms with Gasteiger partial charge in [-0.15, -0.1) is 6.58 Å². The van der Waals surface area contributed by atoms with E-state index in [1.54, 1.807) is 0 Å². The van der Waals surface area contributed by atoms with Crippen LogP contribution in [-0.2, 0) is 4.79 Å². The van der Waals surface area contributed by atoms with Crippen molar-refractivity contribution in [3.8, 4) is 0 Å². The Morgan fingerprint density at radius 2 is 2.00 bits per heavy atom. The molecule has 1 rings (SSSR count). The van der Waals surface area contributed by atoms with Gasteiger partial charge in [0.05, 0.1) is 12.0 Å². The third-order valence-electron chi connectivity index (χ3n) is 4.38. The average Bonchev–Trinajstić information content (AvgIpc) is 2.19. The minimum absolute atomic E-state index is 0.0494. The second kappa shape index (κ2) is 4.57. The highest BCUT2D eigenvalue weighted by Gasteiger charge is 2.55. The molecule has 0 saturated carbocycles. The number of amides is 1. The first-order valence-corrected chi connectivity index (χ1v) is 9.19. The molecule has 0 spiro atoms. The summed E-state index contributed by atoms with van der Waals surface area (Å²) >= 11 is 0. The Bertz CT molecular complexity index is 320. The van der Waals surface area contributed by atoms with Crippen molar-refractivity contribution in [2.24, 2.45) is 5.92 Å². The zero-order valence-corrected chi connectivity index (χ0v) is 12.7. The van der Waals surface area contributed by atoms with Gasteiger partial charge in [0.2, 0.25) is 5.91 Å². The summed E-state index contributed by atoms with van der Waals surface area (Å²) in [5.74, 6) is 0.155. The predicted molar refractivity (Wildman–Crippen MR) is 73.2 cm³/mol. The van der Waals surface area contributed by atoms with Gasteiger partial charge in [0.1, 0.15) is 0 Å². The van der Waals surface area contributed by atoms with Crippen molar-refractivity contribution in [3.05, 3.63) is 12.7 Å². The van der Waals surface area contributed by atoms with Crippen molar-refractivity contribution in [2.45, 2.75) is 51.4 Å². The minimum Gasteiger partial charge on any atom is -0.396 e. The molecule has 4 heteroatoms. The molecule has 0 aliphatic carbocycles. The number of aliphatic hydroxyl groups is 1. The van der Waals surface area contributed by atoms with E-state index < -0.39 is 8.24 Å². The smallest absolute Gasteiger partial charge is 0.220 e. The van der Waals surface area contributed by atoms with E-state index in [-0.39, 0.29) is 29.5 Å². The fourth-order valence-electron chi connectivity index (χ4n) is 2.28. The zero-order valence-electron chi connectivity index (χ0n) is 11.7. The van der Waals surface area contributed by atoms with Crippen molar-refractivity contribution >= 4 is 14.1 Å². The number of β-lactam (4-membered cyclic amide) rings is 1. The van der Waals surface area contributed by atoms with E-state index in [0.717, 1.165) is 0 Å². The van der Waals surface area contributed by atoms with Crippen LogP contribution in [0.15, 0.2) is 12.7 Å². The predicted octanol–water partition coefficient (Wildman–Crippen LogP) is 2.39. The van der Waals surface area contributed by atoms with Crippen LogP contribution >= 0.6 is 0 Å². The molecule has 0 aromatic heterocycles. The van der Waals surface area contributed by atoms with Crippen molar-refractivity contribution in [2.75, 3.05) is 6.61 Å². The van der Waals surface area contributed by atoms with E-state index in [4.69, 9.17) is 5.11 Å². The summed E-state index contributed by atoms with van der Waals surface area (Å²) in [4.78, 5) is 12.2. The summed E-state index contributed by atoms with van der Waals surface area (Å²) < 4.78 is 2.06. The highest BCUT2D eigenvalue weighted by molar-refractivity contribution is 6.80. The van der Waals surface area contributed by atoms with E-state index in [1.165, 1.54) is 0 Å². The Labute approximate surface area is 106 Å². The van der Waals surface area contributed by atoms with Crippen LogP contribution in [0.1, 0.15) is 27.2 Å². The first kappa shape index (κ1) is 14.4. The zero-order chi connectivity index (χ0) is 13.4. The summed E-state index contributed by atoms with van der Waals surface area (Å²) in [5.41, 5.74) is 0. The molecule has 17 heavy (non-hydrogen) atoms. The van der Waals surface area contributed by atoms with Crippen LogP contribution in [-0.4, -0.2) is 36.5 Å². The average molecular weight is 255 g/mol. The topological polar surface area (TPSA) is 40.5 Å². The van der Waals surface area contributed by atoms with Gasteiger partial charge in [-0.3, -0.25) is 4.79 Å². The number of rotatable bonds is 4. The third kappa shape index (κ3) is 2.20. The number of carbonyl (C=O) groups excluding carboxylic acids is 1. The van der Waals surface area contributed by atoms with Gasteiger partial charge in [-0.05, 0) is 11.5 Å². The summed E-state index contributed by atoms with van der Waals surface area (Å²) in [5, 5.41) is 9.13. The number of carbonyl (C=O) groups is 1. The van der Waals surface area contributed by atoms with Crippen molar-refractivity contribution in [1.82, 2.24) is 4.57 Å². The number of hydrogen-bond donors (Lipinski definition) is 1. The monoisotopic (exact) mass is 255 g/mol. The van der Waals surface area contributed by atoms with Crippen LogP contribution in [0.5, 0.6) is 0 Å². The second-order valence-electron chi connectivity index (χ2n) is 6.36. The fourth-order valence-corrected chi connectivity index (χ4v) is 4.75. The SMILES string of the molecule is C=C[C@@H]1[C@@H](CCO)C(=O)N1[Si](C)(C)C(C)(C)C. The molecule has 98 valence electrons. The van der Waals surface area contributed by atoms with Crippen LogP contribution in [0.25, 0.3) is 0 Å². The van der Waals surface area contributed by atoms with Gasteiger partial charge in [-0.2, -0.15) is 0 Å². The molecule has 1 N–H and O–H groups in total. The van der Waals surface area contributed by atoms with E-state index in [2.05, 4.69) is 45.0 Å². The Kier molecular flexibility index (Phi) is 3.89. The van der Waals surface area contributed by atoms with Gasteiger partial charge in [-0.25, -0.2) is 0 Å². The minimum atomic E-state index is -1.81. The summed E-state index contributed by atoms with van der Waals surface area (Å²) in [6.07, 6.45) is 2.42. The van der Waals surface area contributed by atoms with Crippen LogP contribution in [0, 0.1) is 5.92 Å². The normalized spacial score (nSPS) is 25.8. The molecular weight excluding hydrogens is 230 g/mol. The lowest BCUT2D eigenvalue weighted by atomic mass is 9.88. The number of nitrogens with zero attached hydrogens (tertiary/aromatic N) is 1. The van der Waals surface area contributed by atoms with E-state index in [9.17, 15) is 4.79 Å². The van der Waals surface area contributed by atoms with E-state index in [0.29, 0.717) is 6.42 Å². The Balaban J connectivity index is 2.94. The molecule has 1 aliphatic rings. The molecule has 0 bridgehead atoms. The van der Waals surface area contributed by atoms with Gasteiger partial charge >= 0.3 is 0 Å². The first-order chi connectivity index (χ1) is 7.68. The van der Waals surface area contributed by atoms with Gasteiger partial charge < -0.3 is 9.67 Å². The fraction of sp³-hybridized carbons (Fsp3) is 0.769. The molecule has 1 amide bonds. The molecule has 0 aromatic rings.